The molecular formula is C15H18N2O4. The second-order valence-corrected chi connectivity index (χ2v) is 4.38. The number of carbonyl (C=O) groups excluding carboxylic acids is 1. The molecule has 0 unspecified atom stereocenters. The fourth-order valence-corrected chi connectivity index (χ4v) is 1.86. The fraction of sp³-hybridized carbons (Fsp3) is 0.333. The van der Waals surface area contributed by atoms with E-state index in [0.29, 0.717) is 19.6 Å². The molecule has 1 aromatic heterocycles. The Morgan fingerprint density at radius 3 is 2.76 bits per heavy atom. The van der Waals surface area contributed by atoms with Gasteiger partial charge in [0.25, 0.3) is 5.56 Å². The predicted octanol–water partition coefficient (Wildman–Crippen LogP) is 1.82. The van der Waals surface area contributed by atoms with E-state index in [1.54, 1.807) is 6.92 Å². The fourth-order valence-electron chi connectivity index (χ4n) is 1.86. The lowest BCUT2D eigenvalue weighted by molar-refractivity contribution is 0.0524. The Bertz CT molecular complexity index is 631. The molecule has 0 bridgehead atoms. The van der Waals surface area contributed by atoms with E-state index >= 15 is 0 Å². The maximum Gasteiger partial charge on any atom is 0.345 e. The van der Waals surface area contributed by atoms with Crippen molar-refractivity contribution in [2.45, 2.75) is 19.9 Å². The molecule has 0 aliphatic carbocycles. The van der Waals surface area contributed by atoms with Crippen molar-refractivity contribution in [1.82, 2.24) is 9.78 Å². The number of nitrogens with one attached hydrogen (secondary N) is 1. The Hall–Kier alpha value is -2.50. The standard InChI is InChI=1S/C15H18N2O4/c1-2-20-15(19)13-11-16-17(14(13)18)9-6-10-21-12-7-4-3-5-8-12/h3-5,7-8,11,16H,2,6,9-10H2,1H3. The van der Waals surface area contributed by atoms with E-state index in [1.165, 1.54) is 10.9 Å². The summed E-state index contributed by atoms with van der Waals surface area (Å²) in [5.41, 5.74) is -0.339. The molecule has 0 atom stereocenters. The molecule has 1 aromatic carbocycles. The van der Waals surface area contributed by atoms with Crippen LogP contribution in [0.15, 0.2) is 41.3 Å². The third-order valence-electron chi connectivity index (χ3n) is 2.87. The number of nitrogens with zero attached hydrogens (tertiary/aromatic N) is 1. The van der Waals surface area contributed by atoms with Gasteiger partial charge in [-0.2, -0.15) is 0 Å². The molecule has 1 heterocycles. The number of aromatic amines is 1. The Kier molecular flexibility index (Phi) is 5.20. The quantitative estimate of drug-likeness (QED) is 0.623. The van der Waals surface area contributed by atoms with Gasteiger partial charge in [0.1, 0.15) is 11.3 Å². The van der Waals surface area contributed by atoms with Gasteiger partial charge >= 0.3 is 5.97 Å². The first kappa shape index (κ1) is 14.9. The van der Waals surface area contributed by atoms with Crippen molar-refractivity contribution < 1.29 is 14.3 Å². The molecule has 0 saturated heterocycles. The summed E-state index contributed by atoms with van der Waals surface area (Å²) in [4.78, 5) is 23.5. The molecule has 0 aliphatic heterocycles. The third-order valence-corrected chi connectivity index (χ3v) is 2.87. The smallest absolute Gasteiger partial charge is 0.345 e. The maximum atomic E-state index is 11.9. The first-order chi connectivity index (χ1) is 10.2. The molecule has 2 aromatic rings. The van der Waals surface area contributed by atoms with Gasteiger partial charge in [0.2, 0.25) is 0 Å². The van der Waals surface area contributed by atoms with E-state index < -0.39 is 5.97 Å². The van der Waals surface area contributed by atoms with Crippen LogP contribution in [0.4, 0.5) is 0 Å². The maximum absolute atomic E-state index is 11.9. The SMILES string of the molecule is CCOC(=O)c1c[nH]n(CCCOc2ccccc2)c1=O. The normalized spacial score (nSPS) is 10.3. The van der Waals surface area contributed by atoms with Crippen LogP contribution in [-0.2, 0) is 11.3 Å². The van der Waals surface area contributed by atoms with Crippen LogP contribution in [0.2, 0.25) is 0 Å². The van der Waals surface area contributed by atoms with Gasteiger partial charge in [-0.3, -0.25) is 9.48 Å². The van der Waals surface area contributed by atoms with Gasteiger partial charge in [-0.1, -0.05) is 18.2 Å². The van der Waals surface area contributed by atoms with Crippen LogP contribution in [0, 0.1) is 0 Å². The molecule has 0 spiro atoms. The number of rotatable bonds is 7. The highest BCUT2D eigenvalue weighted by Gasteiger charge is 2.14. The molecule has 0 fully saturated rings. The van der Waals surface area contributed by atoms with Gasteiger partial charge in [0, 0.05) is 19.2 Å². The Balaban J connectivity index is 1.84. The highest BCUT2D eigenvalue weighted by molar-refractivity contribution is 5.88. The molecular weight excluding hydrogens is 272 g/mol. The lowest BCUT2D eigenvalue weighted by atomic mass is 10.3. The highest BCUT2D eigenvalue weighted by atomic mass is 16.5. The number of esters is 1. The average molecular weight is 290 g/mol. The van der Waals surface area contributed by atoms with E-state index in [-0.39, 0.29) is 17.7 Å². The van der Waals surface area contributed by atoms with Crippen molar-refractivity contribution in [1.29, 1.82) is 0 Å². The summed E-state index contributed by atoms with van der Waals surface area (Å²) in [7, 11) is 0. The van der Waals surface area contributed by atoms with E-state index in [4.69, 9.17) is 9.47 Å². The third kappa shape index (κ3) is 3.98. The molecule has 1 N–H and O–H groups in total. The number of benzene rings is 1. The van der Waals surface area contributed by atoms with Crippen LogP contribution in [0.5, 0.6) is 5.75 Å². The minimum atomic E-state index is -0.599. The monoisotopic (exact) mass is 290 g/mol. The molecule has 0 amide bonds. The summed E-state index contributed by atoms with van der Waals surface area (Å²) in [6.07, 6.45) is 2.02. The predicted molar refractivity (Wildman–Crippen MR) is 77.6 cm³/mol. The van der Waals surface area contributed by atoms with Crippen molar-refractivity contribution >= 4 is 5.97 Å². The van der Waals surface area contributed by atoms with Crippen LogP contribution in [0.25, 0.3) is 0 Å². The summed E-state index contributed by atoms with van der Waals surface area (Å²) < 4.78 is 11.7. The number of aromatic nitrogens is 2. The number of H-pyrrole nitrogens is 1. The first-order valence-electron chi connectivity index (χ1n) is 6.85. The summed E-state index contributed by atoms with van der Waals surface area (Å²) in [6.45, 7) is 2.88. The van der Waals surface area contributed by atoms with E-state index in [0.717, 1.165) is 5.75 Å². The topological polar surface area (TPSA) is 73.3 Å². The van der Waals surface area contributed by atoms with Crippen molar-refractivity contribution in [2.24, 2.45) is 0 Å². The molecule has 0 radical (unpaired) electrons. The van der Waals surface area contributed by atoms with Gasteiger partial charge in [-0.25, -0.2) is 4.79 Å². The zero-order valence-electron chi connectivity index (χ0n) is 11.9. The molecule has 0 saturated carbocycles. The van der Waals surface area contributed by atoms with Crippen LogP contribution in [0.3, 0.4) is 0 Å². The van der Waals surface area contributed by atoms with Crippen LogP contribution >= 0.6 is 0 Å². The van der Waals surface area contributed by atoms with Gasteiger partial charge in [-0.05, 0) is 19.1 Å². The minimum absolute atomic E-state index is 0.0285. The van der Waals surface area contributed by atoms with Gasteiger partial charge in [-0.15, -0.1) is 0 Å². The zero-order valence-corrected chi connectivity index (χ0v) is 11.9. The average Bonchev–Trinajstić information content (AvgIpc) is 2.86. The minimum Gasteiger partial charge on any atom is -0.494 e. The van der Waals surface area contributed by atoms with Gasteiger partial charge < -0.3 is 14.6 Å². The summed E-state index contributed by atoms with van der Waals surface area (Å²) in [6, 6.07) is 9.47. The van der Waals surface area contributed by atoms with Crippen LogP contribution in [0.1, 0.15) is 23.7 Å². The first-order valence-corrected chi connectivity index (χ1v) is 6.85. The summed E-state index contributed by atoms with van der Waals surface area (Å²) in [5.74, 6) is 0.196. The van der Waals surface area contributed by atoms with Crippen molar-refractivity contribution in [3.8, 4) is 5.75 Å². The number of hydrogen-bond donors (Lipinski definition) is 1. The second kappa shape index (κ2) is 7.33. The Labute approximate surface area is 122 Å². The zero-order chi connectivity index (χ0) is 15.1. The van der Waals surface area contributed by atoms with Gasteiger partial charge in [0.05, 0.1) is 13.2 Å². The lowest BCUT2D eigenvalue weighted by Crippen LogP contribution is -2.23. The van der Waals surface area contributed by atoms with Crippen LogP contribution in [-0.4, -0.2) is 29.0 Å². The van der Waals surface area contributed by atoms with E-state index in [9.17, 15) is 9.59 Å². The number of ether oxygens (including phenoxy) is 2. The summed E-state index contributed by atoms with van der Waals surface area (Å²) in [5, 5.41) is 2.76. The number of aryl methyl sites for hydroxylation is 1. The Morgan fingerprint density at radius 1 is 1.29 bits per heavy atom. The molecule has 2 rings (SSSR count). The lowest BCUT2D eigenvalue weighted by Gasteiger charge is -2.05. The van der Waals surface area contributed by atoms with E-state index in [1.807, 2.05) is 30.3 Å². The molecule has 6 nitrogen and oxygen atoms in total. The molecule has 112 valence electrons. The number of carbonyl (C=O) groups is 1. The van der Waals surface area contributed by atoms with Crippen molar-refractivity contribution in [2.75, 3.05) is 13.2 Å². The molecule has 21 heavy (non-hydrogen) atoms. The Morgan fingerprint density at radius 2 is 2.05 bits per heavy atom. The summed E-state index contributed by atoms with van der Waals surface area (Å²) >= 11 is 0. The highest BCUT2D eigenvalue weighted by Crippen LogP contribution is 2.08. The number of hydrogen-bond acceptors (Lipinski definition) is 4. The van der Waals surface area contributed by atoms with E-state index in [2.05, 4.69) is 5.10 Å². The van der Waals surface area contributed by atoms with Crippen LogP contribution < -0.4 is 10.3 Å². The largest absolute Gasteiger partial charge is 0.494 e. The molecule has 0 aliphatic rings. The van der Waals surface area contributed by atoms with Crippen molar-refractivity contribution in [3.63, 3.8) is 0 Å². The molecule has 6 heteroatoms. The van der Waals surface area contributed by atoms with Gasteiger partial charge in [0.15, 0.2) is 0 Å². The van der Waals surface area contributed by atoms with Crippen molar-refractivity contribution in [3.05, 3.63) is 52.4 Å². The second-order valence-electron chi connectivity index (χ2n) is 4.38. The number of para-hydroxylation sites is 1.